The van der Waals surface area contributed by atoms with Gasteiger partial charge >= 0.3 is 0 Å². The van der Waals surface area contributed by atoms with E-state index in [-0.39, 0.29) is 5.91 Å². The maximum atomic E-state index is 12.1. The number of carbonyl (C=O) groups excluding carboxylic acids is 1. The molecule has 0 radical (unpaired) electrons. The summed E-state index contributed by atoms with van der Waals surface area (Å²) in [6.45, 7) is 0.926. The Morgan fingerprint density at radius 1 is 1.33 bits per heavy atom. The van der Waals surface area contributed by atoms with Gasteiger partial charge in [0, 0.05) is 16.6 Å². The average Bonchev–Trinajstić information content (AvgIpc) is 2.54. The second-order valence-electron chi connectivity index (χ2n) is 4.24. The zero-order chi connectivity index (χ0) is 10.4. The number of fused-ring (bicyclic) bond motifs is 3. The minimum Gasteiger partial charge on any atom is -0.332 e. The molecule has 3 heteroatoms. The summed E-state index contributed by atoms with van der Waals surface area (Å²) in [4.78, 5) is 14.1. The van der Waals surface area contributed by atoms with E-state index in [1.165, 1.54) is 12.0 Å². The molecule has 0 saturated carbocycles. The van der Waals surface area contributed by atoms with Gasteiger partial charge in [-0.05, 0) is 43.0 Å². The van der Waals surface area contributed by atoms with Crippen molar-refractivity contribution in [1.29, 1.82) is 0 Å². The van der Waals surface area contributed by atoms with E-state index in [9.17, 15) is 4.79 Å². The van der Waals surface area contributed by atoms with Crippen LogP contribution in [0, 0.1) is 0 Å². The van der Waals surface area contributed by atoms with Crippen LogP contribution >= 0.6 is 15.9 Å². The predicted octanol–water partition coefficient (Wildman–Crippen LogP) is 3.13. The van der Waals surface area contributed by atoms with E-state index in [0.29, 0.717) is 6.04 Å². The largest absolute Gasteiger partial charge is 0.332 e. The topological polar surface area (TPSA) is 20.3 Å². The first-order valence-electron chi connectivity index (χ1n) is 5.38. The Balaban J connectivity index is 2.12. The molecule has 1 unspecified atom stereocenters. The summed E-state index contributed by atoms with van der Waals surface area (Å²) in [5.74, 6) is 0.224. The normalized spacial score (nSPS) is 23.9. The number of hydrogen-bond acceptors (Lipinski definition) is 1. The molecule has 2 aliphatic heterocycles. The van der Waals surface area contributed by atoms with Gasteiger partial charge in [0.05, 0.1) is 6.04 Å². The molecule has 2 nitrogen and oxygen atoms in total. The summed E-state index contributed by atoms with van der Waals surface area (Å²) >= 11 is 3.47. The molecular formula is C12H12BrNO. The minimum atomic E-state index is 0.224. The second kappa shape index (κ2) is 3.34. The molecule has 1 amide bonds. The van der Waals surface area contributed by atoms with Crippen molar-refractivity contribution in [1.82, 2.24) is 4.90 Å². The molecule has 0 N–H and O–H groups in total. The smallest absolute Gasteiger partial charge is 0.254 e. The van der Waals surface area contributed by atoms with Crippen molar-refractivity contribution in [2.45, 2.75) is 25.3 Å². The highest BCUT2D eigenvalue weighted by Gasteiger charge is 2.37. The number of nitrogens with zero attached hydrogens (tertiary/aromatic N) is 1. The molecule has 1 fully saturated rings. The van der Waals surface area contributed by atoms with Gasteiger partial charge in [-0.1, -0.05) is 15.9 Å². The fraction of sp³-hybridized carbons (Fsp3) is 0.417. The molecule has 1 saturated heterocycles. The Kier molecular flexibility index (Phi) is 2.09. The Bertz CT molecular complexity index is 430. The van der Waals surface area contributed by atoms with Gasteiger partial charge in [-0.15, -0.1) is 0 Å². The number of hydrogen-bond donors (Lipinski definition) is 0. The van der Waals surface area contributed by atoms with Crippen molar-refractivity contribution in [3.05, 3.63) is 33.8 Å². The molecule has 3 rings (SSSR count). The van der Waals surface area contributed by atoms with Gasteiger partial charge < -0.3 is 4.90 Å². The van der Waals surface area contributed by atoms with Crippen LogP contribution < -0.4 is 0 Å². The summed E-state index contributed by atoms with van der Waals surface area (Å²) in [6, 6.07) is 6.34. The van der Waals surface area contributed by atoms with Crippen LogP contribution in [-0.2, 0) is 0 Å². The van der Waals surface area contributed by atoms with Crippen LogP contribution in [0.25, 0.3) is 0 Å². The first-order chi connectivity index (χ1) is 7.27. The Hall–Kier alpha value is -0.830. The van der Waals surface area contributed by atoms with Crippen molar-refractivity contribution < 1.29 is 4.79 Å². The van der Waals surface area contributed by atoms with Gasteiger partial charge in [-0.2, -0.15) is 0 Å². The van der Waals surface area contributed by atoms with E-state index in [1.54, 1.807) is 0 Å². The minimum absolute atomic E-state index is 0.224. The van der Waals surface area contributed by atoms with Crippen molar-refractivity contribution in [2.24, 2.45) is 0 Å². The predicted molar refractivity (Wildman–Crippen MR) is 61.8 cm³/mol. The van der Waals surface area contributed by atoms with Gasteiger partial charge in [0.1, 0.15) is 0 Å². The number of carbonyl (C=O) groups is 1. The van der Waals surface area contributed by atoms with Crippen molar-refractivity contribution in [2.75, 3.05) is 6.54 Å². The standard InChI is InChI=1S/C12H12BrNO/c13-8-4-5-9-10(7-8)11-3-1-2-6-14(11)12(9)15/h4-5,7,11H,1-3,6H2. The van der Waals surface area contributed by atoms with E-state index < -0.39 is 0 Å². The van der Waals surface area contributed by atoms with E-state index >= 15 is 0 Å². The van der Waals surface area contributed by atoms with Gasteiger partial charge in [-0.25, -0.2) is 0 Å². The fourth-order valence-corrected chi connectivity index (χ4v) is 3.04. The molecule has 1 aromatic rings. The number of halogens is 1. The summed E-state index contributed by atoms with van der Waals surface area (Å²) < 4.78 is 1.07. The average molecular weight is 266 g/mol. The van der Waals surface area contributed by atoms with Crippen LogP contribution in [0.15, 0.2) is 22.7 Å². The van der Waals surface area contributed by atoms with Gasteiger partial charge in [-0.3, -0.25) is 4.79 Å². The molecule has 0 aromatic heterocycles. The Morgan fingerprint density at radius 3 is 3.07 bits per heavy atom. The quantitative estimate of drug-likeness (QED) is 0.706. The molecule has 0 spiro atoms. The highest BCUT2D eigenvalue weighted by molar-refractivity contribution is 9.10. The SMILES string of the molecule is O=C1c2ccc(Br)cc2C2CCCCN12. The molecule has 1 atom stereocenters. The fourth-order valence-electron chi connectivity index (χ4n) is 2.66. The second-order valence-corrected chi connectivity index (χ2v) is 5.16. The third-order valence-electron chi connectivity index (χ3n) is 3.37. The van der Waals surface area contributed by atoms with Crippen molar-refractivity contribution >= 4 is 21.8 Å². The first-order valence-corrected chi connectivity index (χ1v) is 6.17. The lowest BCUT2D eigenvalue weighted by molar-refractivity contribution is 0.0671. The number of rotatable bonds is 0. The lowest BCUT2D eigenvalue weighted by Crippen LogP contribution is -2.32. The Labute approximate surface area is 97.4 Å². The molecule has 2 heterocycles. The van der Waals surface area contributed by atoms with Gasteiger partial charge in [0.2, 0.25) is 0 Å². The zero-order valence-electron chi connectivity index (χ0n) is 8.37. The maximum Gasteiger partial charge on any atom is 0.254 e. The molecule has 1 aromatic carbocycles. The first kappa shape index (κ1) is 9.40. The van der Waals surface area contributed by atoms with Crippen LogP contribution in [0.5, 0.6) is 0 Å². The van der Waals surface area contributed by atoms with Crippen molar-refractivity contribution in [3.63, 3.8) is 0 Å². The highest BCUT2D eigenvalue weighted by Crippen LogP contribution is 2.40. The molecular weight excluding hydrogens is 254 g/mol. The van der Waals surface area contributed by atoms with Gasteiger partial charge in [0.25, 0.3) is 5.91 Å². The summed E-state index contributed by atoms with van der Waals surface area (Å²) in [7, 11) is 0. The summed E-state index contributed by atoms with van der Waals surface area (Å²) in [6.07, 6.45) is 3.51. The Morgan fingerprint density at radius 2 is 2.20 bits per heavy atom. The number of piperidine rings is 1. The molecule has 0 aliphatic carbocycles. The third kappa shape index (κ3) is 1.33. The molecule has 0 bridgehead atoms. The number of benzene rings is 1. The van der Waals surface area contributed by atoms with E-state index in [4.69, 9.17) is 0 Å². The monoisotopic (exact) mass is 265 g/mol. The summed E-state index contributed by atoms with van der Waals surface area (Å²) in [5.41, 5.74) is 2.12. The van der Waals surface area contributed by atoms with E-state index in [1.807, 2.05) is 17.0 Å². The number of amides is 1. The van der Waals surface area contributed by atoms with Crippen LogP contribution in [-0.4, -0.2) is 17.4 Å². The lowest BCUT2D eigenvalue weighted by Gasteiger charge is -2.29. The van der Waals surface area contributed by atoms with Crippen LogP contribution in [0.1, 0.15) is 41.2 Å². The van der Waals surface area contributed by atoms with E-state index in [0.717, 1.165) is 29.4 Å². The third-order valence-corrected chi connectivity index (χ3v) is 3.86. The highest BCUT2D eigenvalue weighted by atomic mass is 79.9. The van der Waals surface area contributed by atoms with E-state index in [2.05, 4.69) is 22.0 Å². The van der Waals surface area contributed by atoms with Crippen LogP contribution in [0.3, 0.4) is 0 Å². The van der Waals surface area contributed by atoms with Crippen LogP contribution in [0.4, 0.5) is 0 Å². The summed E-state index contributed by atoms with van der Waals surface area (Å²) in [5, 5.41) is 0. The maximum absolute atomic E-state index is 12.1. The molecule has 15 heavy (non-hydrogen) atoms. The van der Waals surface area contributed by atoms with Crippen molar-refractivity contribution in [3.8, 4) is 0 Å². The zero-order valence-corrected chi connectivity index (χ0v) is 9.96. The molecule has 2 aliphatic rings. The molecule has 78 valence electrons. The lowest BCUT2D eigenvalue weighted by atomic mass is 9.97. The van der Waals surface area contributed by atoms with Gasteiger partial charge in [0.15, 0.2) is 0 Å². The van der Waals surface area contributed by atoms with Crippen LogP contribution in [0.2, 0.25) is 0 Å².